The summed E-state index contributed by atoms with van der Waals surface area (Å²) in [6.45, 7) is 0.752. The van der Waals surface area contributed by atoms with Crippen LogP contribution in [0.3, 0.4) is 0 Å². The van der Waals surface area contributed by atoms with E-state index in [1.807, 2.05) is 40.4 Å². The van der Waals surface area contributed by atoms with Gasteiger partial charge < -0.3 is 4.57 Å². The van der Waals surface area contributed by atoms with E-state index in [0.717, 1.165) is 21.1 Å². The molecule has 0 aliphatic carbocycles. The van der Waals surface area contributed by atoms with Gasteiger partial charge in [0, 0.05) is 16.6 Å². The molecule has 2 rings (SSSR count). The quantitative estimate of drug-likeness (QED) is 0.720. The topological polar surface area (TPSA) is 4.93 Å². The highest BCUT2D eigenvalue weighted by atomic mass is 35.5. The molecule has 0 bridgehead atoms. The Labute approximate surface area is 96.6 Å². The van der Waals surface area contributed by atoms with Gasteiger partial charge in [0.1, 0.15) is 0 Å². The molecule has 0 fully saturated rings. The van der Waals surface area contributed by atoms with E-state index in [1.54, 1.807) is 11.3 Å². The Morgan fingerprint density at radius 2 is 2.14 bits per heavy atom. The fourth-order valence-electron chi connectivity index (χ4n) is 1.22. The SMILES string of the molecule is S=c1sccn1Cc1ccccc1Cl. The summed E-state index contributed by atoms with van der Waals surface area (Å²) in [5, 5.41) is 2.78. The van der Waals surface area contributed by atoms with Crippen LogP contribution in [0.2, 0.25) is 5.02 Å². The molecule has 1 heterocycles. The molecule has 0 aliphatic heterocycles. The number of nitrogens with zero attached hydrogens (tertiary/aromatic N) is 1. The average molecular weight is 242 g/mol. The first kappa shape index (κ1) is 9.90. The summed E-state index contributed by atoms with van der Waals surface area (Å²) < 4.78 is 2.89. The van der Waals surface area contributed by atoms with E-state index in [4.69, 9.17) is 23.8 Å². The standard InChI is InChI=1S/C10H8ClNS2/c11-9-4-2-1-3-8(9)7-12-5-6-14-10(12)13/h1-6H,7H2. The molecule has 0 spiro atoms. The molecule has 0 amide bonds. The molecule has 1 nitrogen and oxygen atoms in total. The van der Waals surface area contributed by atoms with Crippen LogP contribution < -0.4 is 0 Å². The molecule has 0 radical (unpaired) electrons. The monoisotopic (exact) mass is 241 g/mol. The van der Waals surface area contributed by atoms with Crippen molar-refractivity contribution in [2.45, 2.75) is 6.54 Å². The van der Waals surface area contributed by atoms with Gasteiger partial charge in [0.25, 0.3) is 0 Å². The lowest BCUT2D eigenvalue weighted by Gasteiger charge is -2.04. The molecular weight excluding hydrogens is 234 g/mol. The van der Waals surface area contributed by atoms with Crippen LogP contribution >= 0.6 is 35.2 Å². The van der Waals surface area contributed by atoms with Crippen molar-refractivity contribution in [3.05, 3.63) is 50.4 Å². The third-order valence-electron chi connectivity index (χ3n) is 1.94. The lowest BCUT2D eigenvalue weighted by Crippen LogP contribution is -1.97. The van der Waals surface area contributed by atoms with Crippen molar-refractivity contribution >= 4 is 35.2 Å². The summed E-state index contributed by atoms with van der Waals surface area (Å²) in [4.78, 5) is 0. The molecular formula is C10H8ClNS2. The van der Waals surface area contributed by atoms with Gasteiger partial charge in [0.2, 0.25) is 0 Å². The first-order valence-electron chi connectivity index (χ1n) is 4.15. The molecule has 2 aromatic rings. The highest BCUT2D eigenvalue weighted by Gasteiger charge is 2.00. The molecule has 0 unspecified atom stereocenters. The van der Waals surface area contributed by atoms with E-state index in [9.17, 15) is 0 Å². The first-order valence-corrected chi connectivity index (χ1v) is 5.81. The van der Waals surface area contributed by atoms with Crippen molar-refractivity contribution in [3.8, 4) is 0 Å². The largest absolute Gasteiger partial charge is 0.326 e. The van der Waals surface area contributed by atoms with Crippen molar-refractivity contribution in [2.24, 2.45) is 0 Å². The van der Waals surface area contributed by atoms with Gasteiger partial charge in [-0.2, -0.15) is 0 Å². The highest BCUT2D eigenvalue weighted by molar-refractivity contribution is 7.73. The number of hydrogen-bond acceptors (Lipinski definition) is 2. The first-order chi connectivity index (χ1) is 6.77. The second-order valence-corrected chi connectivity index (χ2v) is 4.84. The molecule has 0 atom stereocenters. The zero-order chi connectivity index (χ0) is 9.97. The van der Waals surface area contributed by atoms with Crippen LogP contribution in [0.4, 0.5) is 0 Å². The van der Waals surface area contributed by atoms with Crippen LogP contribution in [0.1, 0.15) is 5.56 Å². The van der Waals surface area contributed by atoms with Crippen molar-refractivity contribution in [1.29, 1.82) is 0 Å². The van der Waals surface area contributed by atoms with E-state index < -0.39 is 0 Å². The molecule has 1 aromatic carbocycles. The molecule has 72 valence electrons. The highest BCUT2D eigenvalue weighted by Crippen LogP contribution is 2.17. The molecule has 14 heavy (non-hydrogen) atoms. The summed E-state index contributed by atoms with van der Waals surface area (Å²) in [7, 11) is 0. The predicted octanol–water partition coefficient (Wildman–Crippen LogP) is 3.98. The van der Waals surface area contributed by atoms with Gasteiger partial charge in [-0.25, -0.2) is 0 Å². The van der Waals surface area contributed by atoms with Gasteiger partial charge in [0.05, 0.1) is 6.54 Å². The van der Waals surface area contributed by atoms with Gasteiger partial charge in [0.15, 0.2) is 3.95 Å². The van der Waals surface area contributed by atoms with Crippen LogP contribution in [0.15, 0.2) is 35.8 Å². The number of thiazole rings is 1. The third-order valence-corrected chi connectivity index (χ3v) is 3.53. The fourth-order valence-corrected chi connectivity index (χ4v) is 2.29. The fraction of sp³-hybridized carbons (Fsp3) is 0.100. The molecule has 0 saturated heterocycles. The zero-order valence-electron chi connectivity index (χ0n) is 7.31. The number of halogens is 1. The van der Waals surface area contributed by atoms with Crippen molar-refractivity contribution in [3.63, 3.8) is 0 Å². The maximum Gasteiger partial charge on any atom is 0.161 e. The third kappa shape index (κ3) is 2.05. The Morgan fingerprint density at radius 3 is 2.79 bits per heavy atom. The van der Waals surface area contributed by atoms with Gasteiger partial charge in [-0.1, -0.05) is 29.8 Å². The molecule has 4 heteroatoms. The van der Waals surface area contributed by atoms with E-state index in [2.05, 4.69) is 0 Å². The summed E-state index contributed by atoms with van der Waals surface area (Å²) in [6.07, 6.45) is 1.98. The van der Waals surface area contributed by atoms with Crippen molar-refractivity contribution in [1.82, 2.24) is 4.57 Å². The van der Waals surface area contributed by atoms with E-state index >= 15 is 0 Å². The summed E-state index contributed by atoms with van der Waals surface area (Å²) >= 11 is 12.8. The Hall–Kier alpha value is -0.640. The Morgan fingerprint density at radius 1 is 1.36 bits per heavy atom. The molecule has 0 N–H and O–H groups in total. The number of benzene rings is 1. The summed E-state index contributed by atoms with van der Waals surface area (Å²) in [5.74, 6) is 0. The van der Waals surface area contributed by atoms with Gasteiger partial charge in [-0.05, 0) is 23.8 Å². The number of hydrogen-bond donors (Lipinski definition) is 0. The second-order valence-electron chi connectivity index (χ2n) is 2.89. The Bertz CT molecular complexity index is 487. The molecule has 1 aromatic heterocycles. The minimum absolute atomic E-state index is 0.752. The minimum Gasteiger partial charge on any atom is -0.326 e. The van der Waals surface area contributed by atoms with E-state index in [-0.39, 0.29) is 0 Å². The average Bonchev–Trinajstić information content (AvgIpc) is 2.56. The maximum atomic E-state index is 6.05. The predicted molar refractivity (Wildman–Crippen MR) is 63.7 cm³/mol. The second kappa shape index (κ2) is 4.26. The summed E-state index contributed by atoms with van der Waals surface area (Å²) in [6, 6.07) is 7.82. The lowest BCUT2D eigenvalue weighted by atomic mass is 10.2. The van der Waals surface area contributed by atoms with Gasteiger partial charge >= 0.3 is 0 Å². The number of rotatable bonds is 2. The summed E-state index contributed by atoms with van der Waals surface area (Å²) in [5.41, 5.74) is 1.10. The zero-order valence-corrected chi connectivity index (χ0v) is 9.70. The Balaban J connectivity index is 2.32. The minimum atomic E-state index is 0.752. The van der Waals surface area contributed by atoms with Crippen LogP contribution in [-0.4, -0.2) is 4.57 Å². The Kier molecular flexibility index (Phi) is 3.01. The maximum absolute atomic E-state index is 6.05. The lowest BCUT2D eigenvalue weighted by molar-refractivity contribution is 0.801. The van der Waals surface area contributed by atoms with Crippen molar-refractivity contribution in [2.75, 3.05) is 0 Å². The molecule has 0 saturated carbocycles. The number of aromatic nitrogens is 1. The van der Waals surface area contributed by atoms with Crippen LogP contribution in [0.25, 0.3) is 0 Å². The smallest absolute Gasteiger partial charge is 0.161 e. The van der Waals surface area contributed by atoms with Gasteiger partial charge in [-0.3, -0.25) is 0 Å². The van der Waals surface area contributed by atoms with E-state index in [1.165, 1.54) is 0 Å². The normalized spacial score (nSPS) is 10.4. The van der Waals surface area contributed by atoms with Gasteiger partial charge in [-0.15, -0.1) is 11.3 Å². The van der Waals surface area contributed by atoms with Crippen LogP contribution in [-0.2, 0) is 6.54 Å². The molecule has 0 aliphatic rings. The van der Waals surface area contributed by atoms with E-state index in [0.29, 0.717) is 0 Å². The van der Waals surface area contributed by atoms with Crippen molar-refractivity contribution < 1.29 is 0 Å². The van der Waals surface area contributed by atoms with Crippen LogP contribution in [0.5, 0.6) is 0 Å². The van der Waals surface area contributed by atoms with Crippen LogP contribution in [0, 0.1) is 3.95 Å².